The fourth-order valence-electron chi connectivity index (χ4n) is 3.29. The van der Waals surface area contributed by atoms with Crippen molar-refractivity contribution in [2.75, 3.05) is 18.4 Å². The van der Waals surface area contributed by atoms with Gasteiger partial charge in [0.05, 0.1) is 29.2 Å². The molecule has 4 heterocycles. The van der Waals surface area contributed by atoms with Gasteiger partial charge in [-0.3, -0.25) is 9.48 Å². The van der Waals surface area contributed by atoms with E-state index in [0.29, 0.717) is 11.6 Å². The molecule has 1 amide bonds. The van der Waals surface area contributed by atoms with Crippen molar-refractivity contribution in [3.05, 3.63) is 36.4 Å². The monoisotopic (exact) mass is 339 g/mol. The number of hydrogen-bond donors (Lipinski definition) is 3. The largest absolute Gasteiger partial charge is 0.380 e. The summed E-state index contributed by atoms with van der Waals surface area (Å²) in [5, 5.41) is 15.4. The van der Waals surface area contributed by atoms with Gasteiger partial charge in [-0.2, -0.15) is 10.2 Å². The van der Waals surface area contributed by atoms with Gasteiger partial charge in [0.15, 0.2) is 0 Å². The number of nitrogens with one attached hydrogen (secondary N) is 2. The van der Waals surface area contributed by atoms with Crippen LogP contribution in [0.4, 0.5) is 5.69 Å². The SMILES string of the molecule is Cn1cc(-c2cc3c(NC4CCNCC4)c(C(N)=O)cnn3c2)cn1. The Kier molecular flexibility index (Phi) is 3.89. The molecule has 1 saturated heterocycles. The van der Waals surface area contributed by atoms with E-state index in [2.05, 4.69) is 20.8 Å². The number of aryl methyl sites for hydroxylation is 1. The fourth-order valence-corrected chi connectivity index (χ4v) is 3.29. The Morgan fingerprint density at radius 2 is 2.04 bits per heavy atom. The van der Waals surface area contributed by atoms with Crippen LogP contribution in [0.5, 0.6) is 0 Å². The van der Waals surface area contributed by atoms with E-state index in [9.17, 15) is 4.79 Å². The Labute approximate surface area is 145 Å². The van der Waals surface area contributed by atoms with Gasteiger partial charge in [0.1, 0.15) is 0 Å². The van der Waals surface area contributed by atoms with Crippen LogP contribution in [0, 0.1) is 0 Å². The number of hydrogen-bond acceptors (Lipinski definition) is 5. The lowest BCUT2D eigenvalue weighted by Gasteiger charge is -2.25. The molecule has 0 saturated carbocycles. The zero-order valence-corrected chi connectivity index (χ0v) is 14.1. The number of carbonyl (C=O) groups is 1. The van der Waals surface area contributed by atoms with Crippen molar-refractivity contribution in [1.82, 2.24) is 24.7 Å². The maximum atomic E-state index is 11.9. The van der Waals surface area contributed by atoms with Gasteiger partial charge in [-0.25, -0.2) is 4.52 Å². The summed E-state index contributed by atoms with van der Waals surface area (Å²) >= 11 is 0. The highest BCUT2D eigenvalue weighted by Crippen LogP contribution is 2.29. The summed E-state index contributed by atoms with van der Waals surface area (Å²) in [5.41, 5.74) is 9.59. The summed E-state index contributed by atoms with van der Waals surface area (Å²) < 4.78 is 3.53. The maximum absolute atomic E-state index is 11.9. The highest BCUT2D eigenvalue weighted by Gasteiger charge is 2.20. The van der Waals surface area contributed by atoms with Crippen molar-refractivity contribution in [1.29, 1.82) is 0 Å². The highest BCUT2D eigenvalue weighted by atomic mass is 16.1. The van der Waals surface area contributed by atoms with E-state index in [1.165, 1.54) is 6.20 Å². The van der Waals surface area contributed by atoms with E-state index in [-0.39, 0.29) is 0 Å². The minimum absolute atomic E-state index is 0.308. The van der Waals surface area contributed by atoms with Gasteiger partial charge < -0.3 is 16.4 Å². The van der Waals surface area contributed by atoms with Gasteiger partial charge >= 0.3 is 0 Å². The summed E-state index contributed by atoms with van der Waals surface area (Å²) in [4.78, 5) is 11.9. The number of rotatable bonds is 4. The second kappa shape index (κ2) is 6.21. The first-order chi connectivity index (χ1) is 12.1. The molecular weight excluding hydrogens is 318 g/mol. The molecule has 1 aliphatic heterocycles. The number of piperidine rings is 1. The lowest BCUT2D eigenvalue weighted by molar-refractivity contribution is 0.100. The molecule has 0 bridgehead atoms. The Balaban J connectivity index is 1.80. The Hall–Kier alpha value is -2.87. The smallest absolute Gasteiger partial charge is 0.252 e. The van der Waals surface area contributed by atoms with Crippen molar-refractivity contribution in [2.24, 2.45) is 12.8 Å². The average Bonchev–Trinajstić information content (AvgIpc) is 3.22. The number of anilines is 1. The van der Waals surface area contributed by atoms with Crippen LogP contribution in [0.1, 0.15) is 23.2 Å². The molecule has 0 spiro atoms. The van der Waals surface area contributed by atoms with Crippen LogP contribution in [0.15, 0.2) is 30.9 Å². The first-order valence-corrected chi connectivity index (χ1v) is 8.39. The lowest BCUT2D eigenvalue weighted by atomic mass is 10.1. The molecule has 8 nitrogen and oxygen atoms in total. The van der Waals surface area contributed by atoms with Crippen LogP contribution in [0.3, 0.4) is 0 Å². The van der Waals surface area contributed by atoms with E-state index in [1.807, 2.05) is 31.7 Å². The predicted octanol–water partition coefficient (Wildman–Crippen LogP) is 0.998. The van der Waals surface area contributed by atoms with Crippen molar-refractivity contribution in [3.63, 3.8) is 0 Å². The molecule has 130 valence electrons. The zero-order valence-electron chi connectivity index (χ0n) is 14.1. The molecule has 0 radical (unpaired) electrons. The molecule has 0 aromatic carbocycles. The molecule has 0 atom stereocenters. The third-order valence-corrected chi connectivity index (χ3v) is 4.63. The molecule has 0 aliphatic carbocycles. The first kappa shape index (κ1) is 15.6. The van der Waals surface area contributed by atoms with E-state index in [1.54, 1.807) is 9.20 Å². The number of fused-ring (bicyclic) bond motifs is 1. The third-order valence-electron chi connectivity index (χ3n) is 4.63. The van der Waals surface area contributed by atoms with Crippen LogP contribution >= 0.6 is 0 Å². The standard InChI is InChI=1S/C17H21N7O/c1-23-9-12(7-20-23)11-6-15-16(22-13-2-4-19-5-3-13)14(17(18)25)8-21-24(15)10-11/h6-10,13,19,22H,2-5H2,1H3,(H2,18,25). The van der Waals surface area contributed by atoms with Crippen LogP contribution in [-0.2, 0) is 7.05 Å². The summed E-state index contributed by atoms with van der Waals surface area (Å²) in [6.07, 6.45) is 9.23. The summed E-state index contributed by atoms with van der Waals surface area (Å²) in [7, 11) is 1.88. The maximum Gasteiger partial charge on any atom is 0.252 e. The number of carbonyl (C=O) groups excluding carboxylic acids is 1. The normalized spacial score (nSPS) is 15.6. The summed E-state index contributed by atoms with van der Waals surface area (Å²) in [6.45, 7) is 1.93. The molecular formula is C17H21N7O. The minimum Gasteiger partial charge on any atom is -0.380 e. The molecule has 4 rings (SSSR count). The van der Waals surface area contributed by atoms with Crippen LogP contribution in [0.2, 0.25) is 0 Å². The molecule has 25 heavy (non-hydrogen) atoms. The van der Waals surface area contributed by atoms with Gasteiger partial charge in [0, 0.05) is 36.6 Å². The lowest BCUT2D eigenvalue weighted by Crippen LogP contribution is -2.36. The van der Waals surface area contributed by atoms with Gasteiger partial charge in [0.2, 0.25) is 0 Å². The quantitative estimate of drug-likeness (QED) is 0.658. The molecule has 4 N–H and O–H groups in total. The van der Waals surface area contributed by atoms with Crippen molar-refractivity contribution in [3.8, 4) is 11.1 Å². The highest BCUT2D eigenvalue weighted by molar-refractivity contribution is 6.02. The van der Waals surface area contributed by atoms with Crippen LogP contribution in [-0.4, -0.2) is 44.4 Å². The van der Waals surface area contributed by atoms with Crippen LogP contribution in [0.25, 0.3) is 16.6 Å². The molecule has 1 fully saturated rings. The number of primary amides is 1. The number of aromatic nitrogens is 4. The number of amides is 1. The molecule has 3 aromatic heterocycles. The third kappa shape index (κ3) is 2.96. The van der Waals surface area contributed by atoms with E-state index in [0.717, 1.165) is 48.3 Å². The van der Waals surface area contributed by atoms with Gasteiger partial charge in [0.25, 0.3) is 5.91 Å². The summed E-state index contributed by atoms with van der Waals surface area (Å²) in [5.74, 6) is -0.476. The van der Waals surface area contributed by atoms with Crippen molar-refractivity contribution < 1.29 is 4.79 Å². The fraction of sp³-hybridized carbons (Fsp3) is 0.353. The average molecular weight is 339 g/mol. The molecule has 1 aliphatic rings. The van der Waals surface area contributed by atoms with E-state index < -0.39 is 5.91 Å². The van der Waals surface area contributed by atoms with E-state index >= 15 is 0 Å². The van der Waals surface area contributed by atoms with Gasteiger partial charge in [-0.15, -0.1) is 0 Å². The van der Waals surface area contributed by atoms with Crippen LogP contribution < -0.4 is 16.4 Å². The first-order valence-electron chi connectivity index (χ1n) is 8.39. The Bertz CT molecular complexity index is 920. The van der Waals surface area contributed by atoms with Gasteiger partial charge in [-0.1, -0.05) is 0 Å². The topological polar surface area (TPSA) is 102 Å². The minimum atomic E-state index is -0.476. The number of nitrogens with zero attached hydrogens (tertiary/aromatic N) is 4. The Morgan fingerprint density at radius 3 is 2.72 bits per heavy atom. The Morgan fingerprint density at radius 1 is 1.24 bits per heavy atom. The molecule has 3 aromatic rings. The van der Waals surface area contributed by atoms with Crippen molar-refractivity contribution in [2.45, 2.75) is 18.9 Å². The second-order valence-corrected chi connectivity index (χ2v) is 6.43. The molecule has 0 unspecified atom stereocenters. The number of nitrogens with two attached hydrogens (primary N) is 1. The second-order valence-electron chi connectivity index (χ2n) is 6.43. The predicted molar refractivity (Wildman–Crippen MR) is 95.4 cm³/mol. The van der Waals surface area contributed by atoms with E-state index in [4.69, 9.17) is 5.73 Å². The molecule has 8 heteroatoms. The van der Waals surface area contributed by atoms with Crippen molar-refractivity contribution >= 4 is 17.1 Å². The zero-order chi connectivity index (χ0) is 17.4. The summed E-state index contributed by atoms with van der Waals surface area (Å²) in [6, 6.07) is 2.32. The van der Waals surface area contributed by atoms with Gasteiger partial charge in [-0.05, 0) is 32.0 Å².